The summed E-state index contributed by atoms with van der Waals surface area (Å²) < 4.78 is 10.3. The first-order valence-electron chi connectivity index (χ1n) is 4.15. The zero-order valence-corrected chi connectivity index (χ0v) is 9.50. The normalized spacial score (nSPS) is 9.38. The van der Waals surface area contributed by atoms with Crippen LogP contribution in [0.25, 0.3) is 0 Å². The summed E-state index contributed by atoms with van der Waals surface area (Å²) in [5.74, 6) is 0.437. The van der Waals surface area contributed by atoms with Gasteiger partial charge in [0.25, 0.3) is 0 Å². The Morgan fingerprint density at radius 2 is 1.92 bits per heavy atom. The van der Waals surface area contributed by atoms with Crippen molar-refractivity contribution in [3.05, 3.63) is 0 Å². The maximum absolute atomic E-state index is 10.9. The summed E-state index contributed by atoms with van der Waals surface area (Å²) in [5.41, 5.74) is 0. The number of esters is 1. The van der Waals surface area contributed by atoms with Crippen LogP contribution in [0.15, 0.2) is 0 Å². The molecule has 0 aromatic rings. The van der Waals surface area contributed by atoms with E-state index in [0.29, 0.717) is 29.8 Å². The maximum atomic E-state index is 10.9. The van der Waals surface area contributed by atoms with Gasteiger partial charge in [-0.1, -0.05) is 11.8 Å². The van der Waals surface area contributed by atoms with Gasteiger partial charge in [0, 0.05) is 5.75 Å². The van der Waals surface area contributed by atoms with Crippen molar-refractivity contribution in [1.82, 2.24) is 0 Å². The Hall–Kier alpha value is -0.290. The number of thiocarbonyl (C=S) groups is 1. The average Bonchev–Trinajstić information content (AvgIpc) is 2.05. The third-order valence-electron chi connectivity index (χ3n) is 1.09. The van der Waals surface area contributed by atoms with Crippen LogP contribution in [0.1, 0.15) is 20.3 Å². The smallest absolute Gasteiger partial charge is 0.306 e. The van der Waals surface area contributed by atoms with E-state index in [9.17, 15) is 4.79 Å². The molecule has 0 amide bonds. The number of hydrogen-bond donors (Lipinski definition) is 0. The van der Waals surface area contributed by atoms with Crippen LogP contribution in [0.3, 0.4) is 0 Å². The summed E-state index contributed by atoms with van der Waals surface area (Å²) in [5, 5.41) is 0. The molecule has 3 nitrogen and oxygen atoms in total. The highest BCUT2D eigenvalue weighted by atomic mass is 32.2. The van der Waals surface area contributed by atoms with Gasteiger partial charge in [0.15, 0.2) is 0 Å². The van der Waals surface area contributed by atoms with Gasteiger partial charge < -0.3 is 9.47 Å². The molecule has 76 valence electrons. The maximum Gasteiger partial charge on any atom is 0.306 e. The van der Waals surface area contributed by atoms with Gasteiger partial charge in [-0.3, -0.25) is 4.79 Å². The number of carbonyl (C=O) groups excluding carboxylic acids is 1. The Kier molecular flexibility index (Phi) is 8.13. The van der Waals surface area contributed by atoms with Crippen LogP contribution in [-0.4, -0.2) is 29.3 Å². The van der Waals surface area contributed by atoms with Gasteiger partial charge in [0.05, 0.1) is 19.6 Å². The van der Waals surface area contributed by atoms with Crippen molar-refractivity contribution in [3.63, 3.8) is 0 Å². The van der Waals surface area contributed by atoms with Crippen LogP contribution in [0.4, 0.5) is 0 Å². The average molecular weight is 222 g/mol. The molecule has 5 heteroatoms. The lowest BCUT2D eigenvalue weighted by Crippen LogP contribution is -2.06. The van der Waals surface area contributed by atoms with Crippen molar-refractivity contribution in [2.45, 2.75) is 20.3 Å². The second-order valence-corrected chi connectivity index (χ2v) is 3.78. The Balaban J connectivity index is 3.33. The zero-order chi connectivity index (χ0) is 10.1. The van der Waals surface area contributed by atoms with E-state index in [-0.39, 0.29) is 5.97 Å². The SMILES string of the molecule is CCOC(=O)CCSC(=S)OCC. The predicted octanol–water partition coefficient (Wildman–Crippen LogP) is 1.99. The van der Waals surface area contributed by atoms with E-state index in [4.69, 9.17) is 21.7 Å². The highest BCUT2D eigenvalue weighted by Gasteiger charge is 2.03. The number of carbonyl (C=O) groups is 1. The molecule has 0 saturated carbocycles. The fourth-order valence-electron chi connectivity index (χ4n) is 0.610. The molecule has 0 N–H and O–H groups in total. The van der Waals surface area contributed by atoms with E-state index in [1.54, 1.807) is 6.92 Å². The lowest BCUT2D eigenvalue weighted by atomic mass is 10.5. The fourth-order valence-corrected chi connectivity index (χ4v) is 1.61. The molecular weight excluding hydrogens is 208 g/mol. The van der Waals surface area contributed by atoms with E-state index in [1.165, 1.54) is 11.8 Å². The molecule has 0 radical (unpaired) electrons. The Labute approximate surface area is 88.2 Å². The van der Waals surface area contributed by atoms with Gasteiger partial charge in [0.1, 0.15) is 0 Å². The molecule has 0 spiro atoms. The molecule has 0 saturated heterocycles. The van der Waals surface area contributed by atoms with Crippen molar-refractivity contribution >= 4 is 34.3 Å². The largest absolute Gasteiger partial charge is 0.479 e. The highest BCUT2D eigenvalue weighted by Crippen LogP contribution is 2.07. The summed E-state index contributed by atoms with van der Waals surface area (Å²) in [7, 11) is 0. The second kappa shape index (κ2) is 8.31. The van der Waals surface area contributed by atoms with Gasteiger partial charge in [-0.2, -0.15) is 0 Å². The summed E-state index contributed by atoms with van der Waals surface area (Å²) in [4.78, 5) is 10.9. The van der Waals surface area contributed by atoms with E-state index in [2.05, 4.69) is 0 Å². The van der Waals surface area contributed by atoms with Gasteiger partial charge in [0.2, 0.25) is 4.38 Å². The first-order valence-corrected chi connectivity index (χ1v) is 5.55. The molecule has 0 aliphatic carbocycles. The first-order chi connectivity index (χ1) is 6.20. The molecule has 0 aromatic heterocycles. The molecule has 0 atom stereocenters. The molecule has 0 aliphatic rings. The molecule has 0 fully saturated rings. The summed E-state index contributed by atoms with van der Waals surface area (Å²) in [6, 6.07) is 0. The lowest BCUT2D eigenvalue weighted by Gasteiger charge is -2.03. The third-order valence-corrected chi connectivity index (χ3v) is 2.33. The minimum Gasteiger partial charge on any atom is -0.479 e. The monoisotopic (exact) mass is 222 g/mol. The Morgan fingerprint density at radius 1 is 1.31 bits per heavy atom. The fraction of sp³-hybridized carbons (Fsp3) is 0.750. The van der Waals surface area contributed by atoms with Crippen LogP contribution in [0, 0.1) is 0 Å². The predicted molar refractivity (Wildman–Crippen MR) is 57.9 cm³/mol. The standard InChI is InChI=1S/C8H14O3S2/c1-3-10-7(9)5-6-13-8(12)11-4-2/h3-6H2,1-2H3. The van der Waals surface area contributed by atoms with Crippen LogP contribution >= 0.6 is 24.0 Å². The summed E-state index contributed by atoms with van der Waals surface area (Å²) in [6.45, 7) is 4.67. The number of hydrogen-bond acceptors (Lipinski definition) is 5. The third kappa shape index (κ3) is 8.05. The second-order valence-electron chi connectivity index (χ2n) is 2.09. The molecule has 0 aliphatic heterocycles. The summed E-state index contributed by atoms with van der Waals surface area (Å²) >= 11 is 6.22. The summed E-state index contributed by atoms with van der Waals surface area (Å²) in [6.07, 6.45) is 0.381. The minimum absolute atomic E-state index is 0.186. The molecule has 0 bridgehead atoms. The molecular formula is C8H14O3S2. The number of ether oxygens (including phenoxy) is 2. The van der Waals surface area contributed by atoms with E-state index < -0.39 is 0 Å². The molecule has 0 unspecified atom stereocenters. The number of thioether (sulfide) groups is 1. The van der Waals surface area contributed by atoms with E-state index in [1.807, 2.05) is 6.92 Å². The van der Waals surface area contributed by atoms with E-state index in [0.717, 1.165) is 0 Å². The number of rotatable bonds is 5. The van der Waals surface area contributed by atoms with Crippen LogP contribution < -0.4 is 0 Å². The zero-order valence-electron chi connectivity index (χ0n) is 7.87. The van der Waals surface area contributed by atoms with Gasteiger partial charge >= 0.3 is 5.97 Å². The van der Waals surface area contributed by atoms with Crippen molar-refractivity contribution in [2.75, 3.05) is 19.0 Å². The quantitative estimate of drug-likeness (QED) is 0.525. The van der Waals surface area contributed by atoms with Crippen molar-refractivity contribution < 1.29 is 14.3 Å². The molecule has 13 heavy (non-hydrogen) atoms. The van der Waals surface area contributed by atoms with Crippen molar-refractivity contribution in [1.29, 1.82) is 0 Å². The Morgan fingerprint density at radius 3 is 2.46 bits per heavy atom. The minimum atomic E-state index is -0.186. The molecule has 0 aromatic carbocycles. The topological polar surface area (TPSA) is 35.5 Å². The van der Waals surface area contributed by atoms with E-state index >= 15 is 0 Å². The molecule has 0 rings (SSSR count). The van der Waals surface area contributed by atoms with Gasteiger partial charge in [-0.25, -0.2) is 0 Å². The van der Waals surface area contributed by atoms with Gasteiger partial charge in [-0.15, -0.1) is 0 Å². The molecule has 0 heterocycles. The highest BCUT2D eigenvalue weighted by molar-refractivity contribution is 8.22. The first kappa shape index (κ1) is 12.7. The van der Waals surface area contributed by atoms with Crippen LogP contribution in [0.2, 0.25) is 0 Å². The van der Waals surface area contributed by atoms with Gasteiger partial charge in [-0.05, 0) is 26.1 Å². The van der Waals surface area contributed by atoms with Crippen LogP contribution in [0.5, 0.6) is 0 Å². The lowest BCUT2D eigenvalue weighted by molar-refractivity contribution is -0.142. The van der Waals surface area contributed by atoms with Crippen molar-refractivity contribution in [3.8, 4) is 0 Å². The van der Waals surface area contributed by atoms with Crippen LogP contribution in [-0.2, 0) is 14.3 Å². The van der Waals surface area contributed by atoms with Crippen molar-refractivity contribution in [2.24, 2.45) is 0 Å². The Bertz CT molecular complexity index is 153.